The van der Waals surface area contributed by atoms with Gasteiger partial charge in [-0.3, -0.25) is 9.20 Å². The Morgan fingerprint density at radius 2 is 1.76 bits per heavy atom. The lowest BCUT2D eigenvalue weighted by atomic mass is 9.93. The highest BCUT2D eigenvalue weighted by atomic mass is 16.2. The first-order valence-electron chi connectivity index (χ1n) is 9.88. The van der Waals surface area contributed by atoms with Gasteiger partial charge in [-0.1, -0.05) is 31.7 Å². The Labute approximate surface area is 149 Å². The van der Waals surface area contributed by atoms with Gasteiger partial charge in [0, 0.05) is 31.6 Å². The number of carbonyl (C=O) groups is 1. The summed E-state index contributed by atoms with van der Waals surface area (Å²) in [7, 11) is 0. The zero-order valence-corrected chi connectivity index (χ0v) is 14.9. The molecule has 5 nitrogen and oxygen atoms in total. The number of likely N-dealkylation sites (tertiary alicyclic amines) is 1. The summed E-state index contributed by atoms with van der Waals surface area (Å²) in [6.45, 7) is 1.72. The second-order valence-corrected chi connectivity index (χ2v) is 7.70. The van der Waals surface area contributed by atoms with Crippen LogP contribution in [0.15, 0.2) is 24.4 Å². The molecule has 0 atom stereocenters. The molecule has 4 rings (SSSR count). The predicted octanol–water partition coefficient (Wildman–Crippen LogP) is 3.80. The molecule has 1 aliphatic carbocycles. The number of hydrogen-bond donors (Lipinski definition) is 0. The molecule has 2 aromatic rings. The SMILES string of the molecule is O=C(CC1CCCCCC1)N1CCC(c2nnc3ccccn23)CC1. The molecule has 2 aromatic heterocycles. The fourth-order valence-corrected chi connectivity index (χ4v) is 4.47. The summed E-state index contributed by atoms with van der Waals surface area (Å²) < 4.78 is 2.09. The summed E-state index contributed by atoms with van der Waals surface area (Å²) in [5.41, 5.74) is 0.907. The van der Waals surface area contributed by atoms with Gasteiger partial charge in [0.15, 0.2) is 5.65 Å². The molecule has 2 aliphatic rings. The fraction of sp³-hybridized carbons (Fsp3) is 0.650. The van der Waals surface area contributed by atoms with E-state index in [-0.39, 0.29) is 0 Å². The number of amides is 1. The Bertz CT molecular complexity index is 709. The van der Waals surface area contributed by atoms with Gasteiger partial charge < -0.3 is 4.90 Å². The largest absolute Gasteiger partial charge is 0.343 e. The van der Waals surface area contributed by atoms with Crippen LogP contribution in [0.4, 0.5) is 0 Å². The molecule has 1 amide bonds. The van der Waals surface area contributed by atoms with Gasteiger partial charge in [-0.15, -0.1) is 10.2 Å². The standard InChI is InChI=1S/C20H28N4O/c25-19(15-16-7-3-1-2-4-8-16)23-13-10-17(11-14-23)20-22-21-18-9-5-6-12-24(18)20/h5-6,9,12,16-17H,1-4,7-8,10-11,13-15H2. The van der Waals surface area contributed by atoms with E-state index < -0.39 is 0 Å². The average molecular weight is 340 g/mol. The zero-order chi connectivity index (χ0) is 17.1. The summed E-state index contributed by atoms with van der Waals surface area (Å²) in [5.74, 6) is 2.44. The normalized spacial score (nSPS) is 20.7. The van der Waals surface area contributed by atoms with E-state index >= 15 is 0 Å². The Morgan fingerprint density at radius 1 is 1.00 bits per heavy atom. The molecule has 0 spiro atoms. The van der Waals surface area contributed by atoms with Gasteiger partial charge in [0.1, 0.15) is 5.82 Å². The Morgan fingerprint density at radius 3 is 2.52 bits per heavy atom. The highest BCUT2D eigenvalue weighted by molar-refractivity contribution is 5.76. The highest BCUT2D eigenvalue weighted by Gasteiger charge is 2.28. The number of nitrogens with zero attached hydrogens (tertiary/aromatic N) is 4. The van der Waals surface area contributed by atoms with Gasteiger partial charge in [0.25, 0.3) is 0 Å². The van der Waals surface area contributed by atoms with Crippen LogP contribution in [0.5, 0.6) is 0 Å². The maximum absolute atomic E-state index is 12.7. The Kier molecular flexibility index (Phi) is 4.99. The third-order valence-electron chi connectivity index (χ3n) is 5.99. The minimum absolute atomic E-state index is 0.372. The van der Waals surface area contributed by atoms with Crippen molar-refractivity contribution in [2.24, 2.45) is 5.92 Å². The van der Waals surface area contributed by atoms with Crippen LogP contribution >= 0.6 is 0 Å². The summed E-state index contributed by atoms with van der Waals surface area (Å²) in [4.78, 5) is 14.8. The van der Waals surface area contributed by atoms with Crippen molar-refractivity contribution in [1.29, 1.82) is 0 Å². The molecule has 3 heterocycles. The second kappa shape index (κ2) is 7.54. The second-order valence-electron chi connectivity index (χ2n) is 7.70. The number of piperidine rings is 1. The highest BCUT2D eigenvalue weighted by Crippen LogP contribution is 2.29. The van der Waals surface area contributed by atoms with Crippen molar-refractivity contribution < 1.29 is 4.79 Å². The van der Waals surface area contributed by atoms with Crippen LogP contribution in [-0.4, -0.2) is 38.5 Å². The fourth-order valence-electron chi connectivity index (χ4n) is 4.47. The average Bonchev–Trinajstić information content (AvgIpc) is 2.92. The monoisotopic (exact) mass is 340 g/mol. The van der Waals surface area contributed by atoms with Crippen LogP contribution in [0.1, 0.15) is 69.5 Å². The van der Waals surface area contributed by atoms with Crippen molar-refractivity contribution in [2.75, 3.05) is 13.1 Å². The molecule has 25 heavy (non-hydrogen) atoms. The minimum Gasteiger partial charge on any atom is -0.343 e. The summed E-state index contributed by atoms with van der Waals surface area (Å²) in [6, 6.07) is 6.00. The predicted molar refractivity (Wildman–Crippen MR) is 97.4 cm³/mol. The number of fused-ring (bicyclic) bond motifs is 1. The number of carbonyl (C=O) groups excluding carboxylic acids is 1. The number of hydrogen-bond acceptors (Lipinski definition) is 3. The lowest BCUT2D eigenvalue weighted by Gasteiger charge is -2.32. The van der Waals surface area contributed by atoms with E-state index in [2.05, 4.69) is 19.5 Å². The van der Waals surface area contributed by atoms with Crippen molar-refractivity contribution in [1.82, 2.24) is 19.5 Å². The first kappa shape index (κ1) is 16.6. The van der Waals surface area contributed by atoms with Gasteiger partial charge in [-0.25, -0.2) is 0 Å². The van der Waals surface area contributed by atoms with Crippen molar-refractivity contribution >= 4 is 11.6 Å². The van der Waals surface area contributed by atoms with E-state index in [1.54, 1.807) is 0 Å². The Balaban J connectivity index is 1.34. The molecule has 0 N–H and O–H groups in total. The molecule has 1 saturated carbocycles. The van der Waals surface area contributed by atoms with Crippen molar-refractivity contribution in [3.8, 4) is 0 Å². The molecule has 0 aromatic carbocycles. The lowest BCUT2D eigenvalue weighted by Crippen LogP contribution is -2.39. The van der Waals surface area contributed by atoms with E-state index in [4.69, 9.17) is 0 Å². The zero-order valence-electron chi connectivity index (χ0n) is 14.9. The van der Waals surface area contributed by atoms with Crippen LogP contribution in [0, 0.1) is 5.92 Å². The quantitative estimate of drug-likeness (QED) is 0.799. The van der Waals surface area contributed by atoms with Crippen LogP contribution < -0.4 is 0 Å². The third kappa shape index (κ3) is 3.70. The van der Waals surface area contributed by atoms with Crippen LogP contribution in [0.2, 0.25) is 0 Å². The Hall–Kier alpha value is -1.91. The molecule has 1 saturated heterocycles. The first-order valence-corrected chi connectivity index (χ1v) is 9.88. The van der Waals surface area contributed by atoms with Gasteiger partial charge >= 0.3 is 0 Å². The number of aromatic nitrogens is 3. The van der Waals surface area contributed by atoms with E-state index in [1.807, 2.05) is 24.4 Å². The molecular formula is C20H28N4O. The first-order chi connectivity index (χ1) is 12.3. The molecule has 0 bridgehead atoms. The van der Waals surface area contributed by atoms with Crippen molar-refractivity contribution in [3.63, 3.8) is 0 Å². The summed E-state index contributed by atoms with van der Waals surface area (Å²) in [5, 5.41) is 8.67. The van der Waals surface area contributed by atoms with Crippen LogP contribution in [0.3, 0.4) is 0 Å². The van der Waals surface area contributed by atoms with E-state index in [0.29, 0.717) is 17.7 Å². The number of rotatable bonds is 3. The van der Waals surface area contributed by atoms with Gasteiger partial charge in [0.2, 0.25) is 5.91 Å². The lowest BCUT2D eigenvalue weighted by molar-refractivity contribution is -0.133. The molecule has 2 fully saturated rings. The van der Waals surface area contributed by atoms with E-state index in [9.17, 15) is 4.79 Å². The van der Waals surface area contributed by atoms with Gasteiger partial charge in [-0.2, -0.15) is 0 Å². The molecule has 1 aliphatic heterocycles. The maximum atomic E-state index is 12.7. The molecule has 0 radical (unpaired) electrons. The minimum atomic E-state index is 0.372. The number of pyridine rings is 1. The van der Waals surface area contributed by atoms with Gasteiger partial charge in [0.05, 0.1) is 0 Å². The van der Waals surface area contributed by atoms with Crippen molar-refractivity contribution in [2.45, 2.75) is 63.7 Å². The molecule has 0 unspecified atom stereocenters. The van der Waals surface area contributed by atoms with Crippen LogP contribution in [-0.2, 0) is 4.79 Å². The molecule has 134 valence electrons. The molecule has 5 heteroatoms. The smallest absolute Gasteiger partial charge is 0.222 e. The van der Waals surface area contributed by atoms with Gasteiger partial charge in [-0.05, 0) is 43.7 Å². The maximum Gasteiger partial charge on any atom is 0.222 e. The van der Waals surface area contributed by atoms with Crippen LogP contribution in [0.25, 0.3) is 5.65 Å². The summed E-state index contributed by atoms with van der Waals surface area (Å²) >= 11 is 0. The third-order valence-corrected chi connectivity index (χ3v) is 5.99. The van der Waals surface area contributed by atoms with E-state index in [1.165, 1.54) is 38.5 Å². The molecular weight excluding hydrogens is 312 g/mol. The topological polar surface area (TPSA) is 50.5 Å². The van der Waals surface area contributed by atoms with Crippen molar-refractivity contribution in [3.05, 3.63) is 30.2 Å². The van der Waals surface area contributed by atoms with E-state index in [0.717, 1.165) is 43.8 Å². The summed E-state index contributed by atoms with van der Waals surface area (Å²) in [6.07, 6.45) is 12.6.